The van der Waals surface area contributed by atoms with Gasteiger partial charge in [-0.3, -0.25) is 4.98 Å². The SMILES string of the molecule is N#CCc1ccc(CC#N)c(CC#N)n1. The van der Waals surface area contributed by atoms with Gasteiger partial charge in [-0.15, -0.1) is 0 Å². The summed E-state index contributed by atoms with van der Waals surface area (Å²) >= 11 is 0. The molecule has 4 nitrogen and oxygen atoms in total. The fourth-order valence-electron chi connectivity index (χ4n) is 1.23. The van der Waals surface area contributed by atoms with E-state index >= 15 is 0 Å². The molecule has 0 amide bonds. The zero-order chi connectivity index (χ0) is 11.1. The average Bonchev–Trinajstić information content (AvgIpc) is 2.23. The molecule has 1 heterocycles. The Bertz CT molecular complexity index is 471. The molecule has 1 aromatic rings. The van der Waals surface area contributed by atoms with Gasteiger partial charge in [0.1, 0.15) is 0 Å². The van der Waals surface area contributed by atoms with E-state index in [0.29, 0.717) is 11.4 Å². The Morgan fingerprint density at radius 3 is 2.20 bits per heavy atom. The summed E-state index contributed by atoms with van der Waals surface area (Å²) < 4.78 is 0. The Labute approximate surface area is 88.0 Å². The van der Waals surface area contributed by atoms with E-state index in [-0.39, 0.29) is 19.3 Å². The van der Waals surface area contributed by atoms with Gasteiger partial charge in [0.15, 0.2) is 0 Å². The van der Waals surface area contributed by atoms with Gasteiger partial charge in [0.05, 0.1) is 48.9 Å². The van der Waals surface area contributed by atoms with Gasteiger partial charge >= 0.3 is 0 Å². The van der Waals surface area contributed by atoms with Crippen LogP contribution in [0.15, 0.2) is 12.1 Å². The highest BCUT2D eigenvalue weighted by molar-refractivity contribution is 5.28. The molecule has 0 saturated heterocycles. The van der Waals surface area contributed by atoms with Crippen molar-refractivity contribution >= 4 is 0 Å². The Hall–Kier alpha value is -2.38. The van der Waals surface area contributed by atoms with Gasteiger partial charge in [-0.05, 0) is 11.6 Å². The van der Waals surface area contributed by atoms with Crippen LogP contribution in [0.2, 0.25) is 0 Å². The first-order chi connectivity index (χ1) is 7.31. The van der Waals surface area contributed by atoms with Crippen molar-refractivity contribution in [3.05, 3.63) is 29.1 Å². The molecule has 1 aromatic heterocycles. The number of pyridine rings is 1. The molecule has 0 aromatic carbocycles. The summed E-state index contributed by atoms with van der Waals surface area (Å²) in [5.41, 5.74) is 2.01. The summed E-state index contributed by atoms with van der Waals surface area (Å²) in [6.07, 6.45) is 0.651. The Kier molecular flexibility index (Phi) is 3.83. The highest BCUT2D eigenvalue weighted by atomic mass is 14.7. The predicted molar refractivity (Wildman–Crippen MR) is 52.2 cm³/mol. The second-order valence-electron chi connectivity index (χ2n) is 2.91. The molecule has 72 valence electrons. The minimum atomic E-state index is 0.177. The molecule has 0 fully saturated rings. The lowest BCUT2D eigenvalue weighted by atomic mass is 10.1. The zero-order valence-electron chi connectivity index (χ0n) is 8.06. The van der Waals surface area contributed by atoms with Gasteiger partial charge in [-0.1, -0.05) is 6.07 Å². The molecular weight excluding hydrogens is 188 g/mol. The molecule has 0 atom stereocenters. The van der Waals surface area contributed by atoms with Crippen LogP contribution in [0.5, 0.6) is 0 Å². The number of hydrogen-bond acceptors (Lipinski definition) is 4. The minimum Gasteiger partial charge on any atom is -0.255 e. The third-order valence-corrected chi connectivity index (χ3v) is 1.90. The Balaban J connectivity index is 3.06. The highest BCUT2D eigenvalue weighted by Gasteiger charge is 2.05. The zero-order valence-corrected chi connectivity index (χ0v) is 8.06. The van der Waals surface area contributed by atoms with E-state index < -0.39 is 0 Å². The van der Waals surface area contributed by atoms with E-state index in [4.69, 9.17) is 15.8 Å². The van der Waals surface area contributed by atoms with E-state index in [0.717, 1.165) is 5.56 Å². The monoisotopic (exact) mass is 196 g/mol. The van der Waals surface area contributed by atoms with Crippen molar-refractivity contribution in [1.82, 2.24) is 4.98 Å². The summed E-state index contributed by atoms with van der Waals surface area (Å²) in [7, 11) is 0. The molecule has 15 heavy (non-hydrogen) atoms. The van der Waals surface area contributed by atoms with Crippen LogP contribution >= 0.6 is 0 Å². The number of aromatic nitrogens is 1. The van der Waals surface area contributed by atoms with Crippen LogP contribution in [0.3, 0.4) is 0 Å². The first-order valence-corrected chi connectivity index (χ1v) is 4.40. The Morgan fingerprint density at radius 2 is 1.60 bits per heavy atom. The van der Waals surface area contributed by atoms with Crippen LogP contribution in [0.4, 0.5) is 0 Å². The van der Waals surface area contributed by atoms with E-state index in [1.165, 1.54) is 0 Å². The molecule has 0 bridgehead atoms. The van der Waals surface area contributed by atoms with E-state index in [1.807, 2.05) is 18.2 Å². The van der Waals surface area contributed by atoms with Crippen LogP contribution in [0.1, 0.15) is 17.0 Å². The lowest BCUT2D eigenvalue weighted by Gasteiger charge is -2.03. The standard InChI is InChI=1S/C11H8N4/c12-6-3-9-1-2-10(4-7-13)15-11(9)5-8-14/h1-2H,3-5H2. The quantitative estimate of drug-likeness (QED) is 0.728. The molecule has 0 N–H and O–H groups in total. The van der Waals surface area contributed by atoms with Gasteiger partial charge in [0.2, 0.25) is 0 Å². The fraction of sp³-hybridized carbons (Fsp3) is 0.273. The fourth-order valence-corrected chi connectivity index (χ4v) is 1.23. The first-order valence-electron chi connectivity index (χ1n) is 4.40. The Morgan fingerprint density at radius 1 is 0.933 bits per heavy atom. The van der Waals surface area contributed by atoms with Crippen molar-refractivity contribution in [2.45, 2.75) is 19.3 Å². The van der Waals surface area contributed by atoms with Gasteiger partial charge in [0.25, 0.3) is 0 Å². The maximum absolute atomic E-state index is 8.60. The summed E-state index contributed by atoms with van der Waals surface area (Å²) in [4.78, 5) is 4.17. The van der Waals surface area contributed by atoms with Crippen molar-refractivity contribution < 1.29 is 0 Å². The van der Waals surface area contributed by atoms with Crippen LogP contribution in [0, 0.1) is 34.0 Å². The van der Waals surface area contributed by atoms with Gasteiger partial charge in [-0.25, -0.2) is 0 Å². The molecule has 0 radical (unpaired) electrons. The second-order valence-corrected chi connectivity index (χ2v) is 2.91. The molecule has 0 saturated carbocycles. The maximum atomic E-state index is 8.60. The smallest absolute Gasteiger partial charge is 0.0778 e. The second kappa shape index (κ2) is 5.37. The molecule has 0 unspecified atom stereocenters. The van der Waals surface area contributed by atoms with E-state index in [9.17, 15) is 0 Å². The molecule has 0 aliphatic heterocycles. The highest BCUT2D eigenvalue weighted by Crippen LogP contribution is 2.09. The van der Waals surface area contributed by atoms with Crippen molar-refractivity contribution in [2.75, 3.05) is 0 Å². The largest absolute Gasteiger partial charge is 0.255 e. The number of nitriles is 3. The lowest BCUT2D eigenvalue weighted by Crippen LogP contribution is -2.00. The molecule has 0 aliphatic rings. The summed E-state index contributed by atoms with van der Waals surface area (Å²) in [6, 6.07) is 9.49. The average molecular weight is 196 g/mol. The molecule has 1 rings (SSSR count). The van der Waals surface area contributed by atoms with E-state index in [1.54, 1.807) is 12.1 Å². The number of nitrogens with zero attached hydrogens (tertiary/aromatic N) is 4. The van der Waals surface area contributed by atoms with Crippen molar-refractivity contribution in [3.63, 3.8) is 0 Å². The number of hydrogen-bond donors (Lipinski definition) is 0. The molecule has 0 spiro atoms. The molecule has 4 heteroatoms. The van der Waals surface area contributed by atoms with Gasteiger partial charge in [0, 0.05) is 0 Å². The topological polar surface area (TPSA) is 84.3 Å². The first kappa shape index (κ1) is 10.7. The summed E-state index contributed by atoms with van der Waals surface area (Å²) in [5, 5.41) is 25.7. The number of rotatable bonds is 3. The summed E-state index contributed by atoms with van der Waals surface area (Å²) in [6.45, 7) is 0. The normalized spacial score (nSPS) is 8.60. The molecule has 0 aliphatic carbocycles. The van der Waals surface area contributed by atoms with Gasteiger partial charge < -0.3 is 0 Å². The van der Waals surface area contributed by atoms with Crippen molar-refractivity contribution in [3.8, 4) is 18.2 Å². The van der Waals surface area contributed by atoms with Crippen LogP contribution in [-0.2, 0) is 19.3 Å². The third-order valence-electron chi connectivity index (χ3n) is 1.90. The van der Waals surface area contributed by atoms with Crippen LogP contribution in [-0.4, -0.2) is 4.98 Å². The predicted octanol–water partition coefficient (Wildman–Crippen LogP) is 1.28. The third kappa shape index (κ3) is 2.79. The van der Waals surface area contributed by atoms with Crippen molar-refractivity contribution in [1.29, 1.82) is 15.8 Å². The van der Waals surface area contributed by atoms with Crippen LogP contribution < -0.4 is 0 Å². The van der Waals surface area contributed by atoms with Crippen molar-refractivity contribution in [2.24, 2.45) is 0 Å². The maximum Gasteiger partial charge on any atom is 0.0778 e. The molecular formula is C11H8N4. The van der Waals surface area contributed by atoms with E-state index in [2.05, 4.69) is 4.98 Å². The lowest BCUT2D eigenvalue weighted by molar-refractivity contribution is 0.990. The van der Waals surface area contributed by atoms with Crippen LogP contribution in [0.25, 0.3) is 0 Å². The minimum absolute atomic E-state index is 0.177. The summed E-state index contributed by atoms with van der Waals surface area (Å²) in [5.74, 6) is 0. The van der Waals surface area contributed by atoms with Gasteiger partial charge in [-0.2, -0.15) is 15.8 Å².